The smallest absolute Gasteiger partial charge is 0.290 e. The first kappa shape index (κ1) is 16.5. The summed E-state index contributed by atoms with van der Waals surface area (Å²) < 4.78 is 7.14. The normalized spacial score (nSPS) is 14.6. The van der Waals surface area contributed by atoms with Crippen molar-refractivity contribution < 1.29 is 9.32 Å². The molecule has 0 bridgehead atoms. The van der Waals surface area contributed by atoms with Crippen molar-refractivity contribution >= 4 is 5.91 Å². The van der Waals surface area contributed by atoms with E-state index in [4.69, 9.17) is 4.52 Å². The second-order valence-electron chi connectivity index (χ2n) is 6.53. The summed E-state index contributed by atoms with van der Waals surface area (Å²) in [7, 11) is 0. The molecule has 0 radical (unpaired) electrons. The van der Waals surface area contributed by atoms with E-state index in [1.165, 1.54) is 6.33 Å². The van der Waals surface area contributed by atoms with Crippen LogP contribution in [0.15, 0.2) is 47.5 Å². The Hall–Kier alpha value is -2.96. The van der Waals surface area contributed by atoms with Gasteiger partial charge in [-0.3, -0.25) is 9.48 Å². The lowest BCUT2D eigenvalue weighted by molar-refractivity contribution is 0.0894. The number of aromatic nitrogens is 4. The maximum absolute atomic E-state index is 12.8. The Bertz CT molecular complexity index is 857. The monoisotopic (exact) mass is 351 g/mol. The zero-order valence-corrected chi connectivity index (χ0v) is 14.5. The number of fused-ring (bicyclic) bond motifs is 1. The van der Waals surface area contributed by atoms with Gasteiger partial charge in [-0.25, -0.2) is 4.98 Å². The third kappa shape index (κ3) is 3.51. The van der Waals surface area contributed by atoms with Crippen molar-refractivity contribution in [3.8, 4) is 0 Å². The summed E-state index contributed by atoms with van der Waals surface area (Å²) in [6.45, 7) is 0.661. The molecule has 7 heteroatoms. The molecule has 1 amide bonds. The van der Waals surface area contributed by atoms with Crippen LogP contribution in [-0.2, 0) is 19.4 Å². The Morgan fingerprint density at radius 1 is 1.23 bits per heavy atom. The molecule has 2 heterocycles. The molecular weight excluding hydrogens is 330 g/mol. The highest BCUT2D eigenvalue weighted by Crippen LogP contribution is 2.25. The summed E-state index contributed by atoms with van der Waals surface area (Å²) in [5, 5.41) is 11.3. The van der Waals surface area contributed by atoms with Gasteiger partial charge in [0.1, 0.15) is 12.7 Å². The highest BCUT2D eigenvalue weighted by Gasteiger charge is 2.26. The number of amides is 1. The number of rotatable bonds is 6. The van der Waals surface area contributed by atoms with Gasteiger partial charge in [0.25, 0.3) is 5.91 Å². The molecule has 1 unspecified atom stereocenters. The summed E-state index contributed by atoms with van der Waals surface area (Å²) >= 11 is 0. The molecule has 26 heavy (non-hydrogen) atoms. The molecule has 7 nitrogen and oxygen atoms in total. The zero-order chi connectivity index (χ0) is 17.8. The maximum Gasteiger partial charge on any atom is 0.290 e. The molecule has 2 aromatic heterocycles. The Balaban J connectivity index is 1.52. The van der Waals surface area contributed by atoms with Crippen LogP contribution in [0.3, 0.4) is 0 Å². The molecule has 1 N–H and O–H groups in total. The van der Waals surface area contributed by atoms with E-state index in [1.54, 1.807) is 11.0 Å². The van der Waals surface area contributed by atoms with E-state index < -0.39 is 0 Å². The van der Waals surface area contributed by atoms with Crippen LogP contribution in [0.1, 0.15) is 52.7 Å². The Morgan fingerprint density at radius 3 is 2.88 bits per heavy atom. The van der Waals surface area contributed by atoms with Crippen LogP contribution in [-0.4, -0.2) is 25.8 Å². The molecule has 0 aliphatic heterocycles. The summed E-state index contributed by atoms with van der Waals surface area (Å²) in [6, 6.07) is 9.80. The largest absolute Gasteiger partial charge is 0.350 e. The Labute approximate surface area is 151 Å². The fourth-order valence-corrected chi connectivity index (χ4v) is 3.41. The topological polar surface area (TPSA) is 85.8 Å². The first-order valence-corrected chi connectivity index (χ1v) is 8.97. The lowest BCUT2D eigenvalue weighted by atomic mass is 9.95. The average Bonchev–Trinajstić information content (AvgIpc) is 3.35. The van der Waals surface area contributed by atoms with E-state index in [0.717, 1.165) is 42.5 Å². The van der Waals surface area contributed by atoms with Crippen molar-refractivity contribution in [3.05, 3.63) is 65.6 Å². The number of aryl methyl sites for hydroxylation is 2. The fourth-order valence-electron chi connectivity index (χ4n) is 3.41. The average molecular weight is 351 g/mol. The summed E-state index contributed by atoms with van der Waals surface area (Å²) in [6.07, 6.45) is 7.81. The molecule has 0 saturated heterocycles. The SMILES string of the molecule is O=C(NC(CCn1cncn1)c1ccccc1)c1onc2c1CCCC2. The van der Waals surface area contributed by atoms with Gasteiger partial charge < -0.3 is 9.84 Å². The number of hydrogen-bond acceptors (Lipinski definition) is 5. The van der Waals surface area contributed by atoms with Gasteiger partial charge in [-0.15, -0.1) is 0 Å². The van der Waals surface area contributed by atoms with Crippen LogP contribution in [0.4, 0.5) is 0 Å². The number of hydrogen-bond donors (Lipinski definition) is 1. The highest BCUT2D eigenvalue weighted by molar-refractivity contribution is 5.93. The van der Waals surface area contributed by atoms with Gasteiger partial charge in [0.05, 0.1) is 11.7 Å². The van der Waals surface area contributed by atoms with Crippen LogP contribution in [0.5, 0.6) is 0 Å². The minimum absolute atomic E-state index is 0.141. The zero-order valence-electron chi connectivity index (χ0n) is 14.5. The number of benzene rings is 1. The lowest BCUT2D eigenvalue weighted by Gasteiger charge is -2.19. The second-order valence-corrected chi connectivity index (χ2v) is 6.53. The van der Waals surface area contributed by atoms with Gasteiger partial charge in [-0.1, -0.05) is 35.5 Å². The molecule has 1 aromatic carbocycles. The number of carbonyl (C=O) groups excluding carboxylic acids is 1. The summed E-state index contributed by atoms with van der Waals surface area (Å²) in [5.41, 5.74) is 2.95. The Morgan fingerprint density at radius 2 is 2.08 bits per heavy atom. The summed E-state index contributed by atoms with van der Waals surface area (Å²) in [4.78, 5) is 16.8. The van der Waals surface area contributed by atoms with Crippen molar-refractivity contribution in [1.29, 1.82) is 0 Å². The van der Waals surface area contributed by atoms with Crippen LogP contribution < -0.4 is 5.32 Å². The van der Waals surface area contributed by atoms with E-state index >= 15 is 0 Å². The van der Waals surface area contributed by atoms with Gasteiger partial charge in [0.15, 0.2) is 0 Å². The molecule has 1 atom stereocenters. The highest BCUT2D eigenvalue weighted by atomic mass is 16.5. The molecule has 1 aliphatic rings. The number of carbonyl (C=O) groups is 1. The minimum atomic E-state index is -0.201. The molecule has 4 rings (SSSR count). The molecule has 3 aromatic rings. The van der Waals surface area contributed by atoms with Crippen molar-refractivity contribution in [3.63, 3.8) is 0 Å². The van der Waals surface area contributed by atoms with Crippen LogP contribution in [0.2, 0.25) is 0 Å². The van der Waals surface area contributed by atoms with Crippen molar-refractivity contribution in [2.24, 2.45) is 0 Å². The molecule has 0 saturated carbocycles. The third-order valence-corrected chi connectivity index (χ3v) is 4.79. The van der Waals surface area contributed by atoms with Crippen molar-refractivity contribution in [1.82, 2.24) is 25.2 Å². The van der Waals surface area contributed by atoms with Gasteiger partial charge in [0, 0.05) is 12.1 Å². The van der Waals surface area contributed by atoms with Crippen molar-refractivity contribution in [2.45, 2.75) is 44.7 Å². The number of nitrogens with zero attached hydrogens (tertiary/aromatic N) is 4. The van der Waals surface area contributed by atoms with Crippen LogP contribution in [0.25, 0.3) is 0 Å². The standard InChI is InChI=1S/C19H21N5O2/c25-19(18-15-8-4-5-9-17(15)23-26-18)22-16(14-6-2-1-3-7-14)10-11-24-13-20-12-21-24/h1-3,6-7,12-13,16H,4-5,8-11H2,(H,22,25). The predicted octanol–water partition coefficient (Wildman–Crippen LogP) is 2.71. The van der Waals surface area contributed by atoms with E-state index in [-0.39, 0.29) is 11.9 Å². The summed E-state index contributed by atoms with van der Waals surface area (Å²) in [5.74, 6) is 0.162. The van der Waals surface area contributed by atoms with E-state index in [2.05, 4.69) is 20.6 Å². The van der Waals surface area contributed by atoms with Crippen LogP contribution >= 0.6 is 0 Å². The molecular formula is C19H21N5O2. The van der Waals surface area contributed by atoms with E-state index in [0.29, 0.717) is 18.7 Å². The van der Waals surface area contributed by atoms with Gasteiger partial charge in [-0.2, -0.15) is 5.10 Å². The fraction of sp³-hybridized carbons (Fsp3) is 0.368. The molecule has 0 spiro atoms. The van der Waals surface area contributed by atoms with Crippen molar-refractivity contribution in [2.75, 3.05) is 0 Å². The Kier molecular flexibility index (Phi) is 4.77. The van der Waals surface area contributed by atoms with Gasteiger partial charge in [0.2, 0.25) is 5.76 Å². The third-order valence-electron chi connectivity index (χ3n) is 4.79. The molecule has 134 valence electrons. The first-order chi connectivity index (χ1) is 12.8. The van der Waals surface area contributed by atoms with E-state index in [9.17, 15) is 4.79 Å². The van der Waals surface area contributed by atoms with Gasteiger partial charge >= 0.3 is 0 Å². The second kappa shape index (κ2) is 7.51. The maximum atomic E-state index is 12.8. The lowest BCUT2D eigenvalue weighted by Crippen LogP contribution is -2.30. The molecule has 1 aliphatic carbocycles. The van der Waals surface area contributed by atoms with E-state index in [1.807, 2.05) is 30.3 Å². The molecule has 0 fully saturated rings. The van der Waals surface area contributed by atoms with Crippen LogP contribution in [0, 0.1) is 0 Å². The first-order valence-electron chi connectivity index (χ1n) is 8.97. The minimum Gasteiger partial charge on any atom is -0.350 e. The number of nitrogens with one attached hydrogen (secondary N) is 1. The predicted molar refractivity (Wildman–Crippen MR) is 94.4 cm³/mol. The van der Waals surface area contributed by atoms with Gasteiger partial charge in [-0.05, 0) is 37.7 Å². The quantitative estimate of drug-likeness (QED) is 0.738.